The highest BCUT2D eigenvalue weighted by molar-refractivity contribution is 7.89. The second kappa shape index (κ2) is 15.3. The molecule has 1 aliphatic heterocycles. The second-order valence-corrected chi connectivity index (χ2v) is 19.6. The van der Waals surface area contributed by atoms with E-state index < -0.39 is 34.3 Å². The topological polar surface area (TPSA) is 198 Å². The summed E-state index contributed by atoms with van der Waals surface area (Å²) < 4.78 is 75.7. The van der Waals surface area contributed by atoms with Crippen molar-refractivity contribution in [3.63, 3.8) is 0 Å². The van der Waals surface area contributed by atoms with Gasteiger partial charge in [-0.05, 0) is 105 Å². The molecule has 55 heavy (non-hydrogen) atoms. The second-order valence-electron chi connectivity index (χ2n) is 15.9. The van der Waals surface area contributed by atoms with Gasteiger partial charge < -0.3 is 29.0 Å². The van der Waals surface area contributed by atoms with E-state index in [0.717, 1.165) is 58.0 Å². The van der Waals surface area contributed by atoms with Crippen LogP contribution in [0.5, 0.6) is 11.5 Å². The van der Waals surface area contributed by atoms with E-state index in [-0.39, 0.29) is 53.9 Å². The van der Waals surface area contributed by atoms with Gasteiger partial charge in [-0.2, -0.15) is 0 Å². The molecule has 0 bridgehead atoms. The molecule has 0 aromatic carbocycles. The maximum absolute atomic E-state index is 13.1. The van der Waals surface area contributed by atoms with Gasteiger partial charge in [0, 0.05) is 53.0 Å². The maximum atomic E-state index is 13.1. The van der Waals surface area contributed by atoms with E-state index in [0.29, 0.717) is 49.3 Å². The van der Waals surface area contributed by atoms with Crippen LogP contribution in [0.25, 0.3) is 33.2 Å². The van der Waals surface area contributed by atoms with E-state index in [4.69, 9.17) is 14.0 Å². The molecule has 14 nitrogen and oxygen atoms in total. The van der Waals surface area contributed by atoms with Gasteiger partial charge in [-0.3, -0.25) is 0 Å². The number of hydrogen-bond acceptors (Lipinski definition) is 10. The number of nitrogens with zero attached hydrogens (tertiary/aromatic N) is 2. The van der Waals surface area contributed by atoms with E-state index in [1.54, 1.807) is 18.6 Å². The van der Waals surface area contributed by atoms with Crippen LogP contribution in [0.1, 0.15) is 69.4 Å². The van der Waals surface area contributed by atoms with E-state index in [9.17, 15) is 21.9 Å². The van der Waals surface area contributed by atoms with Crippen molar-refractivity contribution in [3.8, 4) is 11.5 Å². The minimum absolute atomic E-state index is 0.0364. The molecule has 0 spiro atoms. The van der Waals surface area contributed by atoms with Crippen molar-refractivity contribution in [2.45, 2.75) is 77.2 Å². The largest absolute Gasteiger partial charge is 0.555 e. The third-order valence-corrected chi connectivity index (χ3v) is 14.6. The van der Waals surface area contributed by atoms with E-state index >= 15 is 0 Å². The Labute approximate surface area is 322 Å². The molecule has 4 aromatic rings. The molecule has 8 rings (SSSR count). The first kappa shape index (κ1) is 38.2. The lowest BCUT2D eigenvalue weighted by Gasteiger charge is -2.39. The first-order chi connectivity index (χ1) is 26.3. The number of rotatable bonds is 17. The average Bonchev–Trinajstić information content (AvgIpc) is 3.77. The molecule has 292 valence electrons. The van der Waals surface area contributed by atoms with Crippen LogP contribution < -0.4 is 18.8 Å². The Morgan fingerprint density at radius 2 is 1.71 bits per heavy atom. The summed E-state index contributed by atoms with van der Waals surface area (Å²) in [6.45, 7) is 8.11. The van der Waals surface area contributed by atoms with Crippen molar-refractivity contribution in [1.82, 2.24) is 29.4 Å². The van der Waals surface area contributed by atoms with Gasteiger partial charge in [-0.25, -0.2) is 36.2 Å². The molecule has 1 unspecified atom stereocenters. The van der Waals surface area contributed by atoms with Gasteiger partial charge in [0.25, 0.3) is 0 Å². The molecule has 0 amide bonds. The van der Waals surface area contributed by atoms with Crippen LogP contribution in [0, 0.1) is 23.7 Å². The predicted molar refractivity (Wildman–Crippen MR) is 214 cm³/mol. The van der Waals surface area contributed by atoms with E-state index in [1.165, 1.54) is 6.82 Å². The fraction of sp³-hybridized carbons (Fsp3) is 0.514. The molecule has 3 aliphatic carbocycles. The lowest BCUT2D eigenvalue weighted by atomic mass is 9.68. The minimum atomic E-state index is -3.55. The standard InChI is InChI=1S/C37H48B2N6O8S2/c1-22(9-12-54(47,48)44-27-13-25(14-27)23(2)34-29-7-10-40-36(29)42-18-32(34)52-38(3)46)20-51-39-17-31(35-30-8-11-41-37(30)43-19-33(35)53-39)26-15-28(16-26)45-55(49,50)21-24-5-4-6-24/h7-8,10-11,17-19,22,24-28,44-46H,2,4-6,9,12-16,20-21H2,1,3H3,(H,40,42)(H,41,43). The molecule has 4 aromatic heterocycles. The van der Waals surface area contributed by atoms with Gasteiger partial charge in [-0.1, -0.05) is 19.9 Å². The summed E-state index contributed by atoms with van der Waals surface area (Å²) >= 11 is 0. The Balaban J connectivity index is 0.838. The van der Waals surface area contributed by atoms with Crippen molar-refractivity contribution < 1.29 is 35.8 Å². The summed E-state index contributed by atoms with van der Waals surface area (Å²) in [7, 11) is -8.58. The molecule has 18 heteroatoms. The lowest BCUT2D eigenvalue weighted by molar-refractivity contribution is 0.225. The summed E-state index contributed by atoms with van der Waals surface area (Å²) in [6.07, 6.45) is 12.9. The van der Waals surface area contributed by atoms with Gasteiger partial charge >= 0.3 is 14.2 Å². The number of hydrogen-bond donors (Lipinski definition) is 5. The molecule has 3 saturated carbocycles. The smallest absolute Gasteiger partial charge is 0.535 e. The van der Waals surface area contributed by atoms with E-state index in [1.807, 2.05) is 31.2 Å². The summed E-state index contributed by atoms with van der Waals surface area (Å²) in [5, 5.41) is 11.6. The Hall–Kier alpha value is -3.67. The quantitative estimate of drug-likeness (QED) is 0.0937. The van der Waals surface area contributed by atoms with Gasteiger partial charge in [0.2, 0.25) is 20.0 Å². The summed E-state index contributed by atoms with van der Waals surface area (Å²) in [5.74, 6) is 3.58. The monoisotopic (exact) mass is 790 g/mol. The van der Waals surface area contributed by atoms with Crippen LogP contribution in [0.4, 0.5) is 0 Å². The van der Waals surface area contributed by atoms with Crippen LogP contribution in [-0.4, -0.2) is 86.2 Å². The van der Waals surface area contributed by atoms with Gasteiger partial charge in [0.05, 0.1) is 23.9 Å². The average molecular weight is 791 g/mol. The molecule has 5 heterocycles. The number of allylic oxidation sites excluding steroid dienone is 2. The molecule has 0 saturated heterocycles. The van der Waals surface area contributed by atoms with Crippen LogP contribution >= 0.6 is 0 Å². The van der Waals surface area contributed by atoms with Crippen LogP contribution in [0.15, 0.2) is 49.5 Å². The molecule has 5 N–H and O–H groups in total. The van der Waals surface area contributed by atoms with E-state index in [2.05, 4.69) is 36.0 Å². The molecular weight excluding hydrogens is 742 g/mol. The minimum Gasteiger partial charge on any atom is -0.535 e. The first-order valence-corrected chi connectivity index (χ1v) is 22.6. The van der Waals surface area contributed by atoms with Crippen molar-refractivity contribution in [3.05, 3.63) is 60.6 Å². The Bertz CT molecular complexity index is 2310. The highest BCUT2D eigenvalue weighted by atomic mass is 32.2. The fourth-order valence-corrected chi connectivity index (χ4v) is 11.5. The maximum Gasteiger partial charge on any atom is 0.555 e. The van der Waals surface area contributed by atoms with Crippen LogP contribution in [0.3, 0.4) is 0 Å². The summed E-state index contributed by atoms with van der Waals surface area (Å²) in [5.41, 5.74) is 5.03. The number of fused-ring (bicyclic) bond motifs is 4. The highest BCUT2D eigenvalue weighted by Gasteiger charge is 2.41. The van der Waals surface area contributed by atoms with Crippen molar-refractivity contribution in [2.75, 3.05) is 18.1 Å². The molecular formula is C37H48B2N6O8S2. The zero-order valence-electron chi connectivity index (χ0n) is 31.2. The summed E-state index contributed by atoms with van der Waals surface area (Å²) in [4.78, 5) is 15.1. The highest BCUT2D eigenvalue weighted by Crippen LogP contribution is 2.47. The number of H-pyrrole nitrogens is 2. The normalized spacial score (nSPS) is 23.3. The van der Waals surface area contributed by atoms with Crippen LogP contribution in [-0.2, 0) is 24.7 Å². The predicted octanol–water partition coefficient (Wildman–Crippen LogP) is 4.68. The van der Waals surface area contributed by atoms with Gasteiger partial charge in [0.1, 0.15) is 22.8 Å². The number of aromatic nitrogens is 4. The number of aromatic amines is 2. The zero-order chi connectivity index (χ0) is 38.5. The third-order valence-electron chi connectivity index (χ3n) is 11.6. The Morgan fingerprint density at radius 3 is 2.42 bits per heavy atom. The molecule has 4 aliphatic rings. The summed E-state index contributed by atoms with van der Waals surface area (Å²) in [6, 6.07) is 3.56. The lowest BCUT2D eigenvalue weighted by Crippen LogP contribution is -2.47. The molecule has 3 fully saturated rings. The van der Waals surface area contributed by atoms with Crippen molar-refractivity contribution in [1.29, 1.82) is 0 Å². The van der Waals surface area contributed by atoms with Crippen LogP contribution in [0.2, 0.25) is 6.82 Å². The number of sulfonamides is 2. The number of nitrogens with one attached hydrogen (secondary N) is 4. The van der Waals surface area contributed by atoms with Gasteiger partial charge in [-0.15, -0.1) is 0 Å². The Kier molecular flexibility index (Phi) is 10.7. The fourth-order valence-electron chi connectivity index (χ4n) is 8.24. The first-order valence-electron chi connectivity index (χ1n) is 19.3. The zero-order valence-corrected chi connectivity index (χ0v) is 32.8. The number of pyridine rings is 2. The molecule has 0 radical (unpaired) electrons. The third kappa shape index (κ3) is 8.40. The Morgan fingerprint density at radius 1 is 1.04 bits per heavy atom. The van der Waals surface area contributed by atoms with Gasteiger partial charge in [0.15, 0.2) is 0 Å². The van der Waals surface area contributed by atoms with Crippen molar-refractivity contribution in [2.24, 2.45) is 23.7 Å². The SMILES string of the molecule is C=C(c1c(OB(C)O)cnc2[nH]ccc12)C1CC(NS(=O)(=O)CCC(C)COB2C=C(C3CC(NS(=O)(=O)CC4CCC4)C3)c3c(cnc4[nH]ccc34)O2)C1. The van der Waals surface area contributed by atoms with Crippen molar-refractivity contribution >= 4 is 67.5 Å². The molecule has 1 atom stereocenters.